The summed E-state index contributed by atoms with van der Waals surface area (Å²) in [6.07, 6.45) is -3.15. The van der Waals surface area contributed by atoms with Gasteiger partial charge < -0.3 is 19.4 Å². The zero-order valence-electron chi connectivity index (χ0n) is 16.2. The van der Waals surface area contributed by atoms with Gasteiger partial charge in [0.2, 0.25) is 0 Å². The van der Waals surface area contributed by atoms with Crippen LogP contribution in [-0.4, -0.2) is 67.4 Å². The quantitative estimate of drug-likeness (QED) is 0.773. The topological polar surface area (TPSA) is 57.6 Å². The van der Waals surface area contributed by atoms with E-state index < -0.39 is 11.7 Å². The summed E-state index contributed by atoms with van der Waals surface area (Å²) in [5.41, 5.74) is -0.675. The van der Waals surface area contributed by atoms with Crippen LogP contribution in [0.4, 0.5) is 30.6 Å². The summed E-state index contributed by atoms with van der Waals surface area (Å²) in [5, 5.41) is 0. The molecule has 2 fully saturated rings. The lowest BCUT2D eigenvalue weighted by Crippen LogP contribution is -2.47. The van der Waals surface area contributed by atoms with Crippen molar-refractivity contribution in [2.24, 2.45) is 0 Å². The van der Waals surface area contributed by atoms with Crippen LogP contribution in [0.25, 0.3) is 0 Å². The number of pyridine rings is 1. The lowest BCUT2D eigenvalue weighted by atomic mass is 10.2. The van der Waals surface area contributed by atoms with Gasteiger partial charge in [-0.25, -0.2) is 15.0 Å². The Kier molecular flexibility index (Phi) is 5.44. The molecule has 7 nitrogen and oxygen atoms in total. The molecule has 2 aliphatic rings. The molecule has 0 aromatic carbocycles. The first kappa shape index (κ1) is 19.7. The third-order valence-electron chi connectivity index (χ3n) is 5.15. The summed E-state index contributed by atoms with van der Waals surface area (Å²) in [6.45, 7) is 7.27. The molecule has 0 atom stereocenters. The second-order valence-corrected chi connectivity index (χ2v) is 7.11. The molecule has 29 heavy (non-hydrogen) atoms. The molecule has 4 heterocycles. The third-order valence-corrected chi connectivity index (χ3v) is 5.15. The van der Waals surface area contributed by atoms with Crippen molar-refractivity contribution in [3.05, 3.63) is 35.8 Å². The number of morpholine rings is 1. The van der Waals surface area contributed by atoms with Gasteiger partial charge in [-0.05, 0) is 19.1 Å². The van der Waals surface area contributed by atoms with Crippen molar-refractivity contribution in [2.75, 3.05) is 67.2 Å². The predicted molar refractivity (Wildman–Crippen MR) is 103 cm³/mol. The number of hydrogen-bond acceptors (Lipinski definition) is 7. The number of nitrogens with zero attached hydrogens (tertiary/aromatic N) is 6. The van der Waals surface area contributed by atoms with Gasteiger partial charge in [0.1, 0.15) is 23.3 Å². The van der Waals surface area contributed by atoms with E-state index >= 15 is 0 Å². The van der Waals surface area contributed by atoms with Gasteiger partial charge in [0.15, 0.2) is 0 Å². The van der Waals surface area contributed by atoms with Gasteiger partial charge in [-0.1, -0.05) is 0 Å². The molecular weight excluding hydrogens is 385 g/mol. The van der Waals surface area contributed by atoms with Gasteiger partial charge in [0.05, 0.1) is 18.8 Å². The van der Waals surface area contributed by atoms with E-state index in [1.165, 1.54) is 6.20 Å². The van der Waals surface area contributed by atoms with Crippen molar-refractivity contribution >= 4 is 17.5 Å². The number of alkyl halides is 3. The van der Waals surface area contributed by atoms with Crippen molar-refractivity contribution in [1.29, 1.82) is 0 Å². The second kappa shape index (κ2) is 8.02. The number of ether oxygens (including phenoxy) is 1. The number of anilines is 3. The summed E-state index contributed by atoms with van der Waals surface area (Å²) in [4.78, 5) is 19.5. The average molecular weight is 408 g/mol. The summed E-state index contributed by atoms with van der Waals surface area (Å²) in [5.74, 6) is 2.78. The van der Waals surface area contributed by atoms with E-state index in [4.69, 9.17) is 4.74 Å². The monoisotopic (exact) mass is 408 g/mol. The highest BCUT2D eigenvalue weighted by Gasteiger charge is 2.31. The van der Waals surface area contributed by atoms with Crippen molar-refractivity contribution in [1.82, 2.24) is 15.0 Å². The van der Waals surface area contributed by atoms with Crippen LogP contribution in [-0.2, 0) is 10.9 Å². The Morgan fingerprint density at radius 3 is 1.97 bits per heavy atom. The van der Waals surface area contributed by atoms with E-state index in [1.54, 1.807) is 0 Å². The Hall–Kier alpha value is -2.62. The Balaban J connectivity index is 1.45. The SMILES string of the molecule is Cc1nc(N2CCOCC2)cc(N2CCN(c3cc(C(F)(F)F)ccn3)CC2)n1. The van der Waals surface area contributed by atoms with Crippen molar-refractivity contribution < 1.29 is 17.9 Å². The van der Waals surface area contributed by atoms with Gasteiger partial charge in [0.25, 0.3) is 0 Å². The largest absolute Gasteiger partial charge is 0.416 e. The normalized spacial score (nSPS) is 18.3. The molecule has 0 N–H and O–H groups in total. The fourth-order valence-electron chi connectivity index (χ4n) is 3.59. The fraction of sp³-hybridized carbons (Fsp3) is 0.526. The molecule has 2 aromatic heterocycles. The Morgan fingerprint density at radius 2 is 1.38 bits per heavy atom. The van der Waals surface area contributed by atoms with E-state index in [0.29, 0.717) is 51.0 Å². The zero-order valence-corrected chi connectivity index (χ0v) is 16.2. The maximum atomic E-state index is 13.0. The van der Waals surface area contributed by atoms with Crippen LogP contribution >= 0.6 is 0 Å². The van der Waals surface area contributed by atoms with Crippen molar-refractivity contribution in [2.45, 2.75) is 13.1 Å². The van der Waals surface area contributed by atoms with Crippen LogP contribution in [0.5, 0.6) is 0 Å². The average Bonchev–Trinajstić information content (AvgIpc) is 2.73. The maximum Gasteiger partial charge on any atom is 0.416 e. The molecule has 10 heteroatoms. The highest BCUT2D eigenvalue weighted by molar-refractivity contribution is 5.53. The van der Waals surface area contributed by atoms with Gasteiger partial charge in [-0.2, -0.15) is 13.2 Å². The molecule has 0 unspecified atom stereocenters. The van der Waals surface area contributed by atoms with Gasteiger partial charge in [0, 0.05) is 51.5 Å². The lowest BCUT2D eigenvalue weighted by molar-refractivity contribution is -0.137. The summed E-state index contributed by atoms with van der Waals surface area (Å²) >= 11 is 0. The minimum absolute atomic E-state index is 0.354. The van der Waals surface area contributed by atoms with Gasteiger partial charge in [-0.3, -0.25) is 0 Å². The van der Waals surface area contributed by atoms with Crippen molar-refractivity contribution in [3.8, 4) is 0 Å². The lowest BCUT2D eigenvalue weighted by Gasteiger charge is -2.36. The number of hydrogen-bond donors (Lipinski definition) is 0. The Bertz CT molecular complexity index is 848. The van der Waals surface area contributed by atoms with E-state index in [-0.39, 0.29) is 0 Å². The molecule has 0 radical (unpaired) electrons. The van der Waals surface area contributed by atoms with Crippen LogP contribution < -0.4 is 14.7 Å². The second-order valence-electron chi connectivity index (χ2n) is 7.11. The molecule has 2 saturated heterocycles. The molecule has 0 aliphatic carbocycles. The van der Waals surface area contributed by atoms with Crippen LogP contribution in [0.15, 0.2) is 24.4 Å². The molecule has 0 amide bonds. The molecule has 156 valence electrons. The summed E-state index contributed by atoms with van der Waals surface area (Å²) in [6, 6.07) is 4.09. The molecule has 2 aromatic rings. The van der Waals surface area contributed by atoms with E-state index in [0.717, 1.165) is 36.9 Å². The van der Waals surface area contributed by atoms with E-state index in [1.807, 2.05) is 17.9 Å². The van der Waals surface area contributed by atoms with Gasteiger partial charge >= 0.3 is 6.18 Å². The third kappa shape index (κ3) is 4.52. The molecule has 0 bridgehead atoms. The van der Waals surface area contributed by atoms with E-state index in [2.05, 4.69) is 24.8 Å². The molecule has 4 rings (SSSR count). The predicted octanol–water partition coefficient (Wildman–Crippen LogP) is 2.36. The summed E-state index contributed by atoms with van der Waals surface area (Å²) in [7, 11) is 0. The molecule has 0 spiro atoms. The van der Waals surface area contributed by atoms with Crippen LogP contribution in [0, 0.1) is 6.92 Å². The Morgan fingerprint density at radius 1 is 0.828 bits per heavy atom. The highest BCUT2D eigenvalue weighted by atomic mass is 19.4. The van der Waals surface area contributed by atoms with Crippen LogP contribution in [0.2, 0.25) is 0 Å². The zero-order chi connectivity index (χ0) is 20.4. The summed E-state index contributed by atoms with van der Waals surface area (Å²) < 4.78 is 44.3. The Labute approximate surface area is 167 Å². The first-order valence-electron chi connectivity index (χ1n) is 9.62. The number of piperazine rings is 1. The first-order valence-corrected chi connectivity index (χ1v) is 9.62. The van der Waals surface area contributed by atoms with Gasteiger partial charge in [-0.15, -0.1) is 0 Å². The smallest absolute Gasteiger partial charge is 0.378 e. The molecule has 0 saturated carbocycles. The minimum atomic E-state index is -4.37. The number of aryl methyl sites for hydroxylation is 1. The molecular formula is C19H23F3N6O. The maximum absolute atomic E-state index is 13.0. The van der Waals surface area contributed by atoms with Crippen LogP contribution in [0.3, 0.4) is 0 Å². The number of rotatable bonds is 3. The molecule has 2 aliphatic heterocycles. The van der Waals surface area contributed by atoms with Crippen LogP contribution in [0.1, 0.15) is 11.4 Å². The number of halogens is 3. The first-order chi connectivity index (χ1) is 13.9. The van der Waals surface area contributed by atoms with Crippen molar-refractivity contribution in [3.63, 3.8) is 0 Å². The van der Waals surface area contributed by atoms with E-state index in [9.17, 15) is 13.2 Å². The standard InChI is InChI=1S/C19H23F3N6O/c1-14-24-17(13-18(25-14)28-8-10-29-11-9-28)27-6-4-26(5-7-27)16-12-15(2-3-23-16)19(20,21)22/h2-3,12-13H,4-11H2,1H3. The fourth-order valence-corrected chi connectivity index (χ4v) is 3.59. The highest BCUT2D eigenvalue weighted by Crippen LogP contribution is 2.31. The number of aromatic nitrogens is 3. The minimum Gasteiger partial charge on any atom is -0.378 e.